The first kappa shape index (κ1) is 21.6. The number of nitrogens with one attached hydrogen (secondary N) is 2. The van der Waals surface area contributed by atoms with Gasteiger partial charge in [0, 0.05) is 37.1 Å². The fraction of sp³-hybridized carbons (Fsp3) is 0.190. The minimum absolute atomic E-state index is 0.0630. The topological polar surface area (TPSA) is 119 Å². The Bertz CT molecular complexity index is 1110. The number of amides is 2. The first-order valence-corrected chi connectivity index (χ1v) is 9.34. The van der Waals surface area contributed by atoms with Gasteiger partial charge >= 0.3 is 0 Å². The number of hydrogen-bond acceptors (Lipinski definition) is 5. The molecule has 2 N–H and O–H groups in total. The number of aromatic nitrogens is 2. The largest absolute Gasteiger partial charge is 0.341 e. The summed E-state index contributed by atoms with van der Waals surface area (Å²) in [5.74, 6) is -1.01. The number of nitro benzene ring substituents is 1. The van der Waals surface area contributed by atoms with Gasteiger partial charge in [0.15, 0.2) is 0 Å². The van der Waals surface area contributed by atoms with Crippen LogP contribution in [0.2, 0.25) is 0 Å². The second-order valence-corrected chi connectivity index (χ2v) is 6.89. The molecule has 0 aliphatic rings. The van der Waals surface area contributed by atoms with Crippen molar-refractivity contribution in [1.29, 1.82) is 0 Å². The van der Waals surface area contributed by atoms with Gasteiger partial charge in [-0.3, -0.25) is 19.7 Å². The summed E-state index contributed by atoms with van der Waals surface area (Å²) in [6.07, 6.45) is 3.29. The Balaban J connectivity index is 1.76. The van der Waals surface area contributed by atoms with Crippen LogP contribution in [0.1, 0.15) is 34.7 Å². The number of carbonyl (C=O) groups is 2. The highest BCUT2D eigenvalue weighted by atomic mass is 19.1. The van der Waals surface area contributed by atoms with Crippen molar-refractivity contribution >= 4 is 17.5 Å². The number of benzene rings is 2. The SMILES string of the molecule is CC(NC(=O)c1cccc([N+](=O)[O-])c1)C(=O)NC(c1ccc(F)cc1)c1nccn1C. The number of nitrogens with zero attached hydrogens (tertiary/aromatic N) is 3. The number of hydrogen-bond donors (Lipinski definition) is 2. The standard InChI is InChI=1S/C21H20FN5O4/c1-13(24-21(29)15-4-3-5-17(12-15)27(30)31)20(28)25-18(19-23-10-11-26(19)2)14-6-8-16(22)9-7-14/h3-13,18H,1-2H3,(H,24,29)(H,25,28). The molecule has 3 rings (SSSR count). The van der Waals surface area contributed by atoms with E-state index < -0.39 is 34.6 Å². The molecule has 0 bridgehead atoms. The molecular weight excluding hydrogens is 405 g/mol. The molecule has 9 nitrogen and oxygen atoms in total. The fourth-order valence-electron chi connectivity index (χ4n) is 2.98. The Morgan fingerprint density at radius 3 is 2.48 bits per heavy atom. The van der Waals surface area contributed by atoms with Gasteiger partial charge in [0.1, 0.15) is 23.7 Å². The quantitative estimate of drug-likeness (QED) is 0.445. The van der Waals surface area contributed by atoms with E-state index in [4.69, 9.17) is 0 Å². The predicted molar refractivity (Wildman–Crippen MR) is 110 cm³/mol. The minimum atomic E-state index is -0.949. The molecule has 2 aromatic carbocycles. The molecule has 31 heavy (non-hydrogen) atoms. The van der Waals surface area contributed by atoms with E-state index in [-0.39, 0.29) is 11.3 Å². The minimum Gasteiger partial charge on any atom is -0.341 e. The zero-order valence-electron chi connectivity index (χ0n) is 16.8. The number of non-ortho nitro benzene ring substituents is 1. The maximum Gasteiger partial charge on any atom is 0.270 e. The summed E-state index contributed by atoms with van der Waals surface area (Å²) < 4.78 is 15.1. The smallest absolute Gasteiger partial charge is 0.270 e. The molecule has 2 unspecified atom stereocenters. The summed E-state index contributed by atoms with van der Waals surface area (Å²) in [7, 11) is 1.76. The van der Waals surface area contributed by atoms with Crippen molar-refractivity contribution in [2.24, 2.45) is 7.05 Å². The second kappa shape index (κ2) is 9.16. The van der Waals surface area contributed by atoms with Gasteiger partial charge in [-0.2, -0.15) is 0 Å². The van der Waals surface area contributed by atoms with Gasteiger partial charge in [0.2, 0.25) is 5.91 Å². The van der Waals surface area contributed by atoms with Crippen LogP contribution in [0.3, 0.4) is 0 Å². The summed E-state index contributed by atoms with van der Waals surface area (Å²) in [5.41, 5.74) is 0.449. The number of carbonyl (C=O) groups excluding carboxylic acids is 2. The van der Waals surface area contributed by atoms with Gasteiger partial charge in [-0.15, -0.1) is 0 Å². The number of nitro groups is 1. The normalized spacial score (nSPS) is 12.6. The third kappa shape index (κ3) is 5.10. The Morgan fingerprint density at radius 1 is 1.16 bits per heavy atom. The Morgan fingerprint density at radius 2 is 1.87 bits per heavy atom. The van der Waals surface area contributed by atoms with Gasteiger partial charge in [-0.1, -0.05) is 18.2 Å². The van der Waals surface area contributed by atoms with E-state index in [1.165, 1.54) is 37.3 Å². The molecule has 0 spiro atoms. The first-order valence-electron chi connectivity index (χ1n) is 9.34. The van der Waals surface area contributed by atoms with E-state index in [1.807, 2.05) is 0 Å². The van der Waals surface area contributed by atoms with Crippen molar-refractivity contribution < 1.29 is 18.9 Å². The number of halogens is 1. The number of rotatable bonds is 7. The molecule has 0 radical (unpaired) electrons. The van der Waals surface area contributed by atoms with Gasteiger partial charge in [0.05, 0.1) is 4.92 Å². The van der Waals surface area contributed by atoms with Crippen molar-refractivity contribution in [3.63, 3.8) is 0 Å². The van der Waals surface area contributed by atoms with E-state index in [2.05, 4.69) is 15.6 Å². The molecular formula is C21H20FN5O4. The molecule has 10 heteroatoms. The van der Waals surface area contributed by atoms with Crippen LogP contribution >= 0.6 is 0 Å². The predicted octanol–water partition coefficient (Wildman–Crippen LogP) is 2.49. The van der Waals surface area contributed by atoms with E-state index in [0.29, 0.717) is 11.4 Å². The lowest BCUT2D eigenvalue weighted by Gasteiger charge is -2.22. The lowest BCUT2D eigenvalue weighted by molar-refractivity contribution is -0.384. The molecule has 0 saturated heterocycles. The van der Waals surface area contributed by atoms with Crippen molar-refractivity contribution in [2.75, 3.05) is 0 Å². The van der Waals surface area contributed by atoms with E-state index in [9.17, 15) is 24.1 Å². The summed E-state index contributed by atoms with van der Waals surface area (Å²) in [6.45, 7) is 1.49. The van der Waals surface area contributed by atoms with Crippen molar-refractivity contribution in [2.45, 2.75) is 19.0 Å². The maximum absolute atomic E-state index is 13.3. The molecule has 2 atom stereocenters. The highest BCUT2D eigenvalue weighted by molar-refractivity contribution is 5.98. The molecule has 0 fully saturated rings. The molecule has 1 aromatic heterocycles. The van der Waals surface area contributed by atoms with Crippen molar-refractivity contribution in [3.05, 3.63) is 93.8 Å². The molecule has 1 heterocycles. The monoisotopic (exact) mass is 425 g/mol. The first-order chi connectivity index (χ1) is 14.8. The average Bonchev–Trinajstić information content (AvgIpc) is 3.18. The van der Waals surface area contributed by atoms with Crippen molar-refractivity contribution in [3.8, 4) is 0 Å². The van der Waals surface area contributed by atoms with Gasteiger partial charge in [0.25, 0.3) is 11.6 Å². The van der Waals surface area contributed by atoms with Crippen LogP contribution in [0.15, 0.2) is 60.9 Å². The Kier molecular flexibility index (Phi) is 6.39. The highest BCUT2D eigenvalue weighted by Crippen LogP contribution is 2.21. The van der Waals surface area contributed by atoms with Crippen molar-refractivity contribution in [1.82, 2.24) is 20.2 Å². The average molecular weight is 425 g/mol. The van der Waals surface area contributed by atoms with Crippen LogP contribution in [0.5, 0.6) is 0 Å². The number of aryl methyl sites for hydroxylation is 1. The molecule has 160 valence electrons. The number of imidazole rings is 1. The summed E-state index contributed by atoms with van der Waals surface area (Å²) in [4.78, 5) is 39.8. The summed E-state index contributed by atoms with van der Waals surface area (Å²) in [6, 6.07) is 9.24. The Hall–Kier alpha value is -4.08. The van der Waals surface area contributed by atoms with E-state index >= 15 is 0 Å². The fourth-order valence-corrected chi connectivity index (χ4v) is 2.98. The molecule has 3 aromatic rings. The highest BCUT2D eigenvalue weighted by Gasteiger charge is 2.25. The Labute approximate surface area is 177 Å². The maximum atomic E-state index is 13.3. The zero-order chi connectivity index (χ0) is 22.5. The van der Waals surface area contributed by atoms with Gasteiger partial charge in [-0.05, 0) is 30.7 Å². The van der Waals surface area contributed by atoms with E-state index in [0.717, 1.165) is 6.07 Å². The van der Waals surface area contributed by atoms with Crippen LogP contribution in [-0.4, -0.2) is 32.3 Å². The molecule has 0 aliphatic carbocycles. The lowest BCUT2D eigenvalue weighted by Crippen LogP contribution is -2.46. The molecule has 0 aliphatic heterocycles. The van der Waals surface area contributed by atoms with Gasteiger partial charge < -0.3 is 15.2 Å². The van der Waals surface area contributed by atoms with Crippen LogP contribution in [0, 0.1) is 15.9 Å². The van der Waals surface area contributed by atoms with Gasteiger partial charge in [-0.25, -0.2) is 9.37 Å². The molecule has 2 amide bonds. The third-order valence-corrected chi connectivity index (χ3v) is 4.67. The van der Waals surface area contributed by atoms with Crippen LogP contribution in [0.4, 0.5) is 10.1 Å². The van der Waals surface area contributed by atoms with E-state index in [1.54, 1.807) is 36.1 Å². The van der Waals surface area contributed by atoms with Crippen LogP contribution in [-0.2, 0) is 11.8 Å². The second-order valence-electron chi connectivity index (χ2n) is 6.89. The van der Waals surface area contributed by atoms with Crippen LogP contribution < -0.4 is 10.6 Å². The summed E-state index contributed by atoms with van der Waals surface area (Å²) in [5, 5.41) is 16.2. The van der Waals surface area contributed by atoms with Crippen LogP contribution in [0.25, 0.3) is 0 Å². The molecule has 0 saturated carbocycles. The third-order valence-electron chi connectivity index (χ3n) is 4.67. The lowest BCUT2D eigenvalue weighted by atomic mass is 10.1. The summed E-state index contributed by atoms with van der Waals surface area (Å²) >= 11 is 0. The zero-order valence-corrected chi connectivity index (χ0v) is 16.8.